The highest BCUT2D eigenvalue weighted by molar-refractivity contribution is 7.18. The highest BCUT2D eigenvalue weighted by atomic mass is 32.1. The average Bonchev–Trinajstić information content (AvgIpc) is 3.10. The molecule has 1 saturated heterocycles. The number of hydrogen-bond acceptors (Lipinski definition) is 6. The third kappa shape index (κ3) is 4.38. The van der Waals surface area contributed by atoms with Crippen molar-refractivity contribution in [2.75, 3.05) is 33.3 Å². The van der Waals surface area contributed by atoms with Crippen LogP contribution in [0.4, 0.5) is 0 Å². The molecule has 1 aliphatic heterocycles. The number of piperazine rings is 1. The van der Waals surface area contributed by atoms with E-state index >= 15 is 0 Å². The molecule has 4 rings (SSSR count). The first kappa shape index (κ1) is 22.0. The highest BCUT2D eigenvalue weighted by Gasteiger charge is 2.25. The van der Waals surface area contributed by atoms with Crippen LogP contribution in [0.15, 0.2) is 29.1 Å². The van der Waals surface area contributed by atoms with Gasteiger partial charge in [0.1, 0.15) is 16.4 Å². The number of carbonyl (C=O) groups is 2. The summed E-state index contributed by atoms with van der Waals surface area (Å²) in [5, 5.41) is 0.638. The maximum atomic E-state index is 12.7. The normalized spacial score (nSPS) is 14.1. The van der Waals surface area contributed by atoms with Crippen LogP contribution < -0.4 is 10.3 Å². The number of carbonyl (C=O) groups excluding carboxylic acids is 2. The second-order valence-electron chi connectivity index (χ2n) is 7.88. The number of aryl methyl sites for hydroxylation is 3. The number of ether oxygens (including phenoxy) is 1. The van der Waals surface area contributed by atoms with Crippen LogP contribution >= 0.6 is 11.3 Å². The molecule has 32 heavy (non-hydrogen) atoms. The zero-order valence-electron chi connectivity index (χ0n) is 18.4. The number of aromatic amines is 1. The Bertz CT molecular complexity index is 1220. The Kier molecular flexibility index (Phi) is 6.27. The molecule has 3 aromatic rings. The SMILES string of the molecule is COc1cccc(C(=O)N2CCN(C(=O)CCc3nc4sc(C)c(C)c4c(=O)[nH]3)CC2)c1. The van der Waals surface area contributed by atoms with Gasteiger partial charge in [-0.05, 0) is 37.6 Å². The van der Waals surface area contributed by atoms with Gasteiger partial charge in [0, 0.05) is 49.5 Å². The Balaban J connectivity index is 1.33. The summed E-state index contributed by atoms with van der Waals surface area (Å²) < 4.78 is 5.19. The Morgan fingerprint density at radius 2 is 1.88 bits per heavy atom. The van der Waals surface area contributed by atoms with Crippen LogP contribution in [0.3, 0.4) is 0 Å². The summed E-state index contributed by atoms with van der Waals surface area (Å²) in [4.78, 5) is 50.5. The molecule has 1 N–H and O–H groups in total. The zero-order chi connectivity index (χ0) is 22.8. The van der Waals surface area contributed by atoms with Crippen molar-refractivity contribution in [2.24, 2.45) is 0 Å². The van der Waals surface area contributed by atoms with Gasteiger partial charge in [0.05, 0.1) is 12.5 Å². The molecule has 1 aliphatic rings. The number of benzene rings is 1. The van der Waals surface area contributed by atoms with Gasteiger partial charge in [-0.15, -0.1) is 11.3 Å². The van der Waals surface area contributed by atoms with E-state index in [1.165, 1.54) is 11.3 Å². The van der Waals surface area contributed by atoms with E-state index in [2.05, 4.69) is 9.97 Å². The van der Waals surface area contributed by atoms with E-state index < -0.39 is 0 Å². The number of H-pyrrole nitrogens is 1. The number of nitrogens with one attached hydrogen (secondary N) is 1. The van der Waals surface area contributed by atoms with Gasteiger partial charge in [-0.25, -0.2) is 4.98 Å². The van der Waals surface area contributed by atoms with E-state index in [0.29, 0.717) is 55.1 Å². The van der Waals surface area contributed by atoms with Gasteiger partial charge in [0.25, 0.3) is 11.5 Å². The maximum absolute atomic E-state index is 12.7. The second-order valence-corrected chi connectivity index (χ2v) is 9.08. The Labute approximate surface area is 189 Å². The molecule has 2 aromatic heterocycles. The van der Waals surface area contributed by atoms with Gasteiger partial charge in [-0.3, -0.25) is 14.4 Å². The van der Waals surface area contributed by atoms with Gasteiger partial charge in [0.15, 0.2) is 0 Å². The van der Waals surface area contributed by atoms with Gasteiger partial charge in [-0.1, -0.05) is 6.07 Å². The molecule has 168 valence electrons. The van der Waals surface area contributed by atoms with E-state index in [-0.39, 0.29) is 23.8 Å². The second kappa shape index (κ2) is 9.12. The van der Waals surface area contributed by atoms with Crippen LogP contribution in [-0.2, 0) is 11.2 Å². The van der Waals surface area contributed by atoms with Crippen molar-refractivity contribution >= 4 is 33.4 Å². The van der Waals surface area contributed by atoms with Crippen LogP contribution in [0.25, 0.3) is 10.2 Å². The lowest BCUT2D eigenvalue weighted by molar-refractivity contribution is -0.132. The van der Waals surface area contributed by atoms with Crippen LogP contribution in [-0.4, -0.2) is 64.9 Å². The summed E-state index contributed by atoms with van der Waals surface area (Å²) in [6.45, 7) is 5.84. The van der Waals surface area contributed by atoms with Crippen molar-refractivity contribution in [3.05, 3.63) is 56.4 Å². The molecule has 0 spiro atoms. The van der Waals surface area contributed by atoms with Crippen molar-refractivity contribution in [1.82, 2.24) is 19.8 Å². The number of nitrogens with zero attached hydrogens (tertiary/aromatic N) is 3. The minimum atomic E-state index is -0.149. The molecule has 3 heterocycles. The zero-order valence-corrected chi connectivity index (χ0v) is 19.3. The predicted molar refractivity (Wildman–Crippen MR) is 124 cm³/mol. The maximum Gasteiger partial charge on any atom is 0.259 e. The van der Waals surface area contributed by atoms with E-state index in [1.54, 1.807) is 41.2 Å². The standard InChI is InChI=1S/C23H26N4O4S/c1-14-15(2)32-22-20(14)21(29)24-18(25-22)7-8-19(28)26-9-11-27(12-10-26)23(30)16-5-4-6-17(13-16)31-3/h4-6,13H,7-12H2,1-3H3,(H,24,25,29). The molecule has 9 heteroatoms. The van der Waals surface area contributed by atoms with Crippen LogP contribution in [0.5, 0.6) is 5.75 Å². The molecular weight excluding hydrogens is 428 g/mol. The third-order valence-corrected chi connectivity index (χ3v) is 7.00. The first-order chi connectivity index (χ1) is 15.4. The molecule has 0 bridgehead atoms. The molecule has 0 atom stereocenters. The van der Waals surface area contributed by atoms with Crippen molar-refractivity contribution < 1.29 is 14.3 Å². The molecule has 8 nitrogen and oxygen atoms in total. The number of hydrogen-bond donors (Lipinski definition) is 1. The van der Waals surface area contributed by atoms with E-state index in [9.17, 15) is 14.4 Å². The number of methoxy groups -OCH3 is 1. The van der Waals surface area contributed by atoms with Gasteiger partial charge >= 0.3 is 0 Å². The smallest absolute Gasteiger partial charge is 0.259 e. The fourth-order valence-electron chi connectivity index (χ4n) is 3.90. The van der Waals surface area contributed by atoms with Gasteiger partial charge in [-0.2, -0.15) is 0 Å². The minimum Gasteiger partial charge on any atom is -0.497 e. The van der Waals surface area contributed by atoms with Crippen molar-refractivity contribution in [3.8, 4) is 5.75 Å². The minimum absolute atomic E-state index is 0.000217. The predicted octanol–water partition coefficient (Wildman–Crippen LogP) is 2.53. The Hall–Kier alpha value is -3.20. The van der Waals surface area contributed by atoms with Crippen molar-refractivity contribution in [2.45, 2.75) is 26.7 Å². The summed E-state index contributed by atoms with van der Waals surface area (Å²) >= 11 is 1.50. The first-order valence-corrected chi connectivity index (χ1v) is 11.4. The van der Waals surface area contributed by atoms with E-state index in [0.717, 1.165) is 15.3 Å². The molecule has 1 fully saturated rings. The Morgan fingerprint density at radius 1 is 1.16 bits per heavy atom. The molecule has 0 unspecified atom stereocenters. The molecule has 0 aliphatic carbocycles. The quantitative estimate of drug-likeness (QED) is 0.639. The molecule has 0 radical (unpaired) electrons. The fraction of sp³-hybridized carbons (Fsp3) is 0.391. The Morgan fingerprint density at radius 3 is 2.59 bits per heavy atom. The third-order valence-electron chi connectivity index (χ3n) is 5.90. The highest BCUT2D eigenvalue weighted by Crippen LogP contribution is 2.25. The van der Waals surface area contributed by atoms with E-state index in [1.807, 2.05) is 13.8 Å². The number of thiophene rings is 1. The molecule has 0 saturated carbocycles. The largest absolute Gasteiger partial charge is 0.497 e. The van der Waals surface area contributed by atoms with Crippen LogP contribution in [0.2, 0.25) is 0 Å². The summed E-state index contributed by atoms with van der Waals surface area (Å²) in [5.41, 5.74) is 1.39. The number of amides is 2. The van der Waals surface area contributed by atoms with Crippen molar-refractivity contribution in [3.63, 3.8) is 0 Å². The summed E-state index contributed by atoms with van der Waals surface area (Å²) in [6.07, 6.45) is 0.643. The van der Waals surface area contributed by atoms with Crippen LogP contribution in [0.1, 0.15) is 33.0 Å². The number of fused-ring (bicyclic) bond motifs is 1. The lowest BCUT2D eigenvalue weighted by Gasteiger charge is -2.35. The number of aromatic nitrogens is 2. The topological polar surface area (TPSA) is 95.6 Å². The fourth-order valence-corrected chi connectivity index (χ4v) is 4.95. The first-order valence-electron chi connectivity index (χ1n) is 10.6. The van der Waals surface area contributed by atoms with Gasteiger partial charge < -0.3 is 19.5 Å². The molecule has 2 amide bonds. The monoisotopic (exact) mass is 454 g/mol. The molecule has 1 aromatic carbocycles. The average molecular weight is 455 g/mol. The summed E-state index contributed by atoms with van der Waals surface area (Å²) in [7, 11) is 1.57. The lowest BCUT2D eigenvalue weighted by Crippen LogP contribution is -2.50. The summed E-state index contributed by atoms with van der Waals surface area (Å²) in [6, 6.07) is 7.08. The molecular formula is C23H26N4O4S. The summed E-state index contributed by atoms with van der Waals surface area (Å²) in [5.74, 6) is 1.11. The van der Waals surface area contributed by atoms with E-state index in [4.69, 9.17) is 4.74 Å². The lowest BCUT2D eigenvalue weighted by atomic mass is 10.1. The van der Waals surface area contributed by atoms with Crippen molar-refractivity contribution in [1.29, 1.82) is 0 Å². The number of rotatable bonds is 5. The van der Waals surface area contributed by atoms with Gasteiger partial charge in [0.2, 0.25) is 5.91 Å². The van der Waals surface area contributed by atoms with Crippen LogP contribution in [0, 0.1) is 13.8 Å².